The molecule has 0 spiro atoms. The quantitative estimate of drug-likeness (QED) is 0.277. The van der Waals surface area contributed by atoms with Crippen LogP contribution in [-0.2, 0) is 19.6 Å². The van der Waals surface area contributed by atoms with Crippen LogP contribution < -0.4 is 10.6 Å². The largest absolute Gasteiger partial charge is 0.376 e. The van der Waals surface area contributed by atoms with Gasteiger partial charge in [-0.15, -0.1) is 24.0 Å². The Bertz CT molecular complexity index is 623. The van der Waals surface area contributed by atoms with Gasteiger partial charge >= 0.3 is 0 Å². The second kappa shape index (κ2) is 12.1. The fraction of sp³-hybridized carbons (Fsp3) is 0.882. The van der Waals surface area contributed by atoms with Crippen LogP contribution in [-0.4, -0.2) is 94.8 Å². The molecular formula is C17H34IN5O4S. The zero-order valence-corrected chi connectivity index (χ0v) is 20.2. The van der Waals surface area contributed by atoms with Crippen molar-refractivity contribution < 1.29 is 17.9 Å². The van der Waals surface area contributed by atoms with E-state index < -0.39 is 10.0 Å². The molecule has 0 aromatic carbocycles. The van der Waals surface area contributed by atoms with E-state index in [4.69, 9.17) is 4.74 Å². The topological polar surface area (TPSA) is 103 Å². The number of hydrogen-bond acceptors (Lipinski definition) is 5. The first kappa shape index (κ1) is 25.4. The van der Waals surface area contributed by atoms with E-state index in [9.17, 15) is 13.2 Å². The Hall–Kier alpha value is -0.660. The summed E-state index contributed by atoms with van der Waals surface area (Å²) in [7, 11) is 0.169. The van der Waals surface area contributed by atoms with E-state index in [0.717, 1.165) is 38.7 Å². The lowest BCUT2D eigenvalue weighted by Gasteiger charge is -2.26. The van der Waals surface area contributed by atoms with Gasteiger partial charge in [-0.05, 0) is 32.1 Å². The van der Waals surface area contributed by atoms with Gasteiger partial charge in [-0.2, -0.15) is 4.31 Å². The standard InChI is InChI=1S/C17H33N5O4S.HI/c1-21(2)16(23)13-20-17(19-12-15-8-4-5-10-26-15)18-11-14-7-6-9-22(14)27(3,24)25;/h14-15H,4-13H2,1-3H3,(H2,18,19,20);1H/t14-,15?;/m1./s1. The van der Waals surface area contributed by atoms with Gasteiger partial charge in [0.05, 0.1) is 12.4 Å². The maximum Gasteiger partial charge on any atom is 0.243 e. The van der Waals surface area contributed by atoms with Crippen LogP contribution in [0.3, 0.4) is 0 Å². The Morgan fingerprint density at radius 1 is 1.18 bits per heavy atom. The molecule has 11 heteroatoms. The van der Waals surface area contributed by atoms with Crippen molar-refractivity contribution in [3.63, 3.8) is 0 Å². The minimum atomic E-state index is -3.21. The van der Waals surface area contributed by atoms with E-state index in [1.807, 2.05) is 0 Å². The lowest BCUT2D eigenvalue weighted by molar-refractivity contribution is -0.127. The molecule has 2 aliphatic heterocycles. The second-order valence-corrected chi connectivity index (χ2v) is 9.31. The lowest BCUT2D eigenvalue weighted by atomic mass is 10.1. The van der Waals surface area contributed by atoms with Gasteiger partial charge in [0.15, 0.2) is 5.96 Å². The van der Waals surface area contributed by atoms with Crippen molar-refractivity contribution in [3.05, 3.63) is 0 Å². The first-order chi connectivity index (χ1) is 12.8. The van der Waals surface area contributed by atoms with Crippen LogP contribution in [0.5, 0.6) is 0 Å². The smallest absolute Gasteiger partial charge is 0.243 e. The highest BCUT2D eigenvalue weighted by atomic mass is 127. The molecule has 0 aromatic heterocycles. The van der Waals surface area contributed by atoms with Crippen molar-refractivity contribution in [2.45, 2.75) is 44.2 Å². The maximum atomic E-state index is 11.9. The molecule has 9 nitrogen and oxygen atoms in total. The van der Waals surface area contributed by atoms with Gasteiger partial charge < -0.3 is 20.3 Å². The molecule has 2 N–H and O–H groups in total. The molecule has 164 valence electrons. The number of amides is 1. The Morgan fingerprint density at radius 2 is 1.89 bits per heavy atom. The molecule has 2 fully saturated rings. The van der Waals surface area contributed by atoms with Crippen LogP contribution in [0.1, 0.15) is 32.1 Å². The maximum absolute atomic E-state index is 11.9. The van der Waals surface area contributed by atoms with Crippen molar-refractivity contribution in [1.82, 2.24) is 19.8 Å². The van der Waals surface area contributed by atoms with Gasteiger partial charge in [0.1, 0.15) is 6.54 Å². The van der Waals surface area contributed by atoms with Crippen LogP contribution in [0.4, 0.5) is 0 Å². The van der Waals surface area contributed by atoms with Crippen molar-refractivity contribution in [2.24, 2.45) is 4.99 Å². The van der Waals surface area contributed by atoms with Crippen molar-refractivity contribution in [3.8, 4) is 0 Å². The predicted octanol–water partition coefficient (Wildman–Crippen LogP) is 0.221. The number of halogens is 1. The van der Waals surface area contributed by atoms with Crippen LogP contribution >= 0.6 is 24.0 Å². The van der Waals surface area contributed by atoms with Gasteiger partial charge in [0.2, 0.25) is 15.9 Å². The fourth-order valence-corrected chi connectivity index (χ4v) is 4.49. The summed E-state index contributed by atoms with van der Waals surface area (Å²) >= 11 is 0. The van der Waals surface area contributed by atoms with Crippen LogP contribution in [0.25, 0.3) is 0 Å². The number of likely N-dealkylation sites (N-methyl/N-ethyl adjacent to an activating group) is 1. The molecule has 0 radical (unpaired) electrons. The van der Waals surface area contributed by atoms with E-state index in [1.54, 1.807) is 14.1 Å². The normalized spacial score (nSPS) is 23.8. The number of nitrogens with one attached hydrogen (secondary N) is 2. The highest BCUT2D eigenvalue weighted by Crippen LogP contribution is 2.19. The van der Waals surface area contributed by atoms with E-state index in [2.05, 4.69) is 15.6 Å². The highest BCUT2D eigenvalue weighted by Gasteiger charge is 2.31. The fourth-order valence-electron chi connectivity index (χ4n) is 3.31. The SMILES string of the molecule is CN(C)C(=O)CN=C(NCC1CCCCO1)NC[C@H]1CCCN1S(C)(=O)=O.I. The summed E-state index contributed by atoms with van der Waals surface area (Å²) in [5.41, 5.74) is 0. The number of carbonyl (C=O) groups is 1. The average Bonchev–Trinajstić information content (AvgIpc) is 3.10. The molecule has 28 heavy (non-hydrogen) atoms. The van der Waals surface area contributed by atoms with Gasteiger partial charge in [-0.25, -0.2) is 13.4 Å². The average molecular weight is 531 g/mol. The third-order valence-electron chi connectivity index (χ3n) is 4.90. The Kier molecular flexibility index (Phi) is 11.0. The molecule has 0 aromatic rings. The molecule has 1 amide bonds. The number of carbonyl (C=O) groups excluding carboxylic acids is 1. The number of sulfonamides is 1. The lowest BCUT2D eigenvalue weighted by Crippen LogP contribution is -2.48. The predicted molar refractivity (Wildman–Crippen MR) is 121 cm³/mol. The first-order valence-corrected chi connectivity index (χ1v) is 11.4. The molecule has 2 saturated heterocycles. The van der Waals surface area contributed by atoms with Crippen molar-refractivity contribution in [1.29, 1.82) is 0 Å². The van der Waals surface area contributed by atoms with Gasteiger partial charge in [-0.1, -0.05) is 0 Å². The molecule has 1 unspecified atom stereocenters. The minimum absolute atomic E-state index is 0. The molecule has 0 bridgehead atoms. The summed E-state index contributed by atoms with van der Waals surface area (Å²) in [5.74, 6) is 0.420. The number of ether oxygens (including phenoxy) is 1. The van der Waals surface area contributed by atoms with Crippen molar-refractivity contribution in [2.75, 3.05) is 53.1 Å². The third-order valence-corrected chi connectivity index (χ3v) is 6.23. The molecule has 2 heterocycles. The summed E-state index contributed by atoms with van der Waals surface area (Å²) < 4.78 is 31.1. The zero-order chi connectivity index (χ0) is 19.9. The van der Waals surface area contributed by atoms with Crippen LogP contribution in [0.15, 0.2) is 4.99 Å². The molecule has 0 aliphatic carbocycles. The molecule has 2 atom stereocenters. The molecule has 2 rings (SSSR count). The van der Waals surface area contributed by atoms with Gasteiger partial charge in [0.25, 0.3) is 0 Å². The molecule has 2 aliphatic rings. The number of aliphatic imine (C=N–C) groups is 1. The molecule has 0 saturated carbocycles. The number of nitrogens with zero attached hydrogens (tertiary/aromatic N) is 3. The van der Waals surface area contributed by atoms with Crippen LogP contribution in [0, 0.1) is 0 Å². The molecular weight excluding hydrogens is 497 g/mol. The van der Waals surface area contributed by atoms with Gasteiger partial charge in [-0.3, -0.25) is 4.79 Å². The number of rotatable bonds is 7. The highest BCUT2D eigenvalue weighted by molar-refractivity contribution is 14.0. The minimum Gasteiger partial charge on any atom is -0.376 e. The second-order valence-electron chi connectivity index (χ2n) is 7.37. The third kappa shape index (κ3) is 8.37. The van der Waals surface area contributed by atoms with E-state index in [-0.39, 0.29) is 48.6 Å². The summed E-state index contributed by atoms with van der Waals surface area (Å²) in [4.78, 5) is 17.7. The monoisotopic (exact) mass is 531 g/mol. The van der Waals surface area contributed by atoms with E-state index in [0.29, 0.717) is 25.6 Å². The van der Waals surface area contributed by atoms with Gasteiger partial charge in [0, 0.05) is 46.4 Å². The Morgan fingerprint density at radius 3 is 2.50 bits per heavy atom. The Labute approximate surface area is 185 Å². The van der Waals surface area contributed by atoms with Crippen molar-refractivity contribution >= 4 is 45.9 Å². The number of hydrogen-bond donors (Lipinski definition) is 2. The summed E-state index contributed by atoms with van der Waals surface area (Å²) in [6.07, 6.45) is 6.29. The van der Waals surface area contributed by atoms with Crippen LogP contribution in [0.2, 0.25) is 0 Å². The van der Waals surface area contributed by atoms with E-state index in [1.165, 1.54) is 15.5 Å². The zero-order valence-electron chi connectivity index (χ0n) is 17.0. The van der Waals surface area contributed by atoms with E-state index >= 15 is 0 Å². The summed E-state index contributed by atoms with van der Waals surface area (Å²) in [5, 5.41) is 6.44. The summed E-state index contributed by atoms with van der Waals surface area (Å²) in [6, 6.07) is -0.0949. The number of guanidine groups is 1. The first-order valence-electron chi connectivity index (χ1n) is 9.58. The Balaban J connectivity index is 0.00000392. The summed E-state index contributed by atoms with van der Waals surface area (Å²) in [6.45, 7) is 2.44.